The number of carbonyl (C=O) groups is 1. The quantitative estimate of drug-likeness (QED) is 0.767. The molecule has 1 atom stereocenters. The number of benzene rings is 2. The van der Waals surface area contributed by atoms with Crippen molar-refractivity contribution in [1.29, 1.82) is 0 Å². The molecule has 0 unspecified atom stereocenters. The van der Waals surface area contributed by atoms with Crippen molar-refractivity contribution >= 4 is 16.1 Å². The first-order valence-electron chi connectivity index (χ1n) is 8.99. The minimum absolute atomic E-state index is 0.0213. The number of nitrogens with one attached hydrogen (secondary N) is 2. The zero-order valence-corrected chi connectivity index (χ0v) is 16.4. The molecule has 2 aromatic rings. The summed E-state index contributed by atoms with van der Waals surface area (Å²) in [6.45, 7) is 0.140. The second-order valence-electron chi connectivity index (χ2n) is 6.95. The highest BCUT2D eigenvalue weighted by atomic mass is 32.2. The van der Waals surface area contributed by atoms with Gasteiger partial charge < -0.3 is 10.6 Å². The molecule has 2 amide bonds. The zero-order valence-electron chi connectivity index (χ0n) is 15.6. The normalized spacial score (nSPS) is 15.4. The highest BCUT2D eigenvalue weighted by Crippen LogP contribution is 2.40. The third kappa shape index (κ3) is 4.67. The average molecular weight is 388 g/mol. The molecule has 1 fully saturated rings. The van der Waals surface area contributed by atoms with Crippen LogP contribution in [-0.2, 0) is 16.6 Å². The Labute approximate surface area is 160 Å². The smallest absolute Gasteiger partial charge is 0.315 e. The van der Waals surface area contributed by atoms with Gasteiger partial charge in [0.1, 0.15) is 0 Å². The van der Waals surface area contributed by atoms with E-state index in [1.54, 1.807) is 24.3 Å². The van der Waals surface area contributed by atoms with Gasteiger partial charge in [0.05, 0.1) is 10.9 Å². The Morgan fingerprint density at radius 2 is 1.70 bits per heavy atom. The van der Waals surface area contributed by atoms with Crippen LogP contribution < -0.4 is 10.6 Å². The van der Waals surface area contributed by atoms with Crippen molar-refractivity contribution in [3.63, 3.8) is 0 Å². The third-order valence-electron chi connectivity index (χ3n) is 4.71. The summed E-state index contributed by atoms with van der Waals surface area (Å²) in [5, 5.41) is 5.84. The molecule has 0 radical (unpaired) electrons. The van der Waals surface area contributed by atoms with Crippen LogP contribution >= 0.6 is 0 Å². The highest BCUT2D eigenvalue weighted by molar-refractivity contribution is 7.89. The van der Waals surface area contributed by atoms with Crippen LogP contribution in [0.3, 0.4) is 0 Å². The van der Waals surface area contributed by atoms with Gasteiger partial charge in [0.25, 0.3) is 0 Å². The molecule has 0 bridgehead atoms. The molecule has 3 rings (SSSR count). The molecular weight excluding hydrogens is 362 g/mol. The number of urea groups is 1. The van der Waals surface area contributed by atoms with Crippen molar-refractivity contribution in [2.75, 3.05) is 14.1 Å². The van der Waals surface area contributed by atoms with Gasteiger partial charge in [0.15, 0.2) is 0 Å². The summed E-state index contributed by atoms with van der Waals surface area (Å²) in [6.07, 6.45) is 2.20. The molecule has 2 N–H and O–H groups in total. The Hall–Kier alpha value is -2.38. The molecule has 7 heteroatoms. The van der Waals surface area contributed by atoms with Crippen LogP contribution in [-0.4, -0.2) is 32.8 Å². The van der Waals surface area contributed by atoms with E-state index < -0.39 is 10.0 Å². The minimum Gasteiger partial charge on any atom is -0.334 e. The number of carbonyl (C=O) groups excluding carboxylic acids is 1. The third-order valence-corrected chi connectivity index (χ3v) is 6.62. The van der Waals surface area contributed by atoms with Crippen LogP contribution in [0.1, 0.15) is 30.0 Å². The Morgan fingerprint density at radius 1 is 1.07 bits per heavy atom. The Kier molecular flexibility index (Phi) is 5.82. The summed E-state index contributed by atoms with van der Waals surface area (Å²) < 4.78 is 26.1. The van der Waals surface area contributed by atoms with Crippen molar-refractivity contribution in [3.8, 4) is 0 Å². The number of sulfonamides is 1. The van der Waals surface area contributed by atoms with Gasteiger partial charge in [0.2, 0.25) is 10.0 Å². The fourth-order valence-corrected chi connectivity index (χ4v) is 4.14. The lowest BCUT2D eigenvalue weighted by Gasteiger charge is -2.20. The number of hydrogen-bond donors (Lipinski definition) is 2. The van der Waals surface area contributed by atoms with Gasteiger partial charge >= 0.3 is 6.03 Å². The van der Waals surface area contributed by atoms with E-state index in [9.17, 15) is 13.2 Å². The maximum Gasteiger partial charge on any atom is 0.315 e. The van der Waals surface area contributed by atoms with Gasteiger partial charge in [-0.2, -0.15) is 0 Å². The monoisotopic (exact) mass is 387 g/mol. The maximum atomic E-state index is 12.5. The first-order chi connectivity index (χ1) is 12.9. The summed E-state index contributed by atoms with van der Waals surface area (Å²) >= 11 is 0. The Morgan fingerprint density at radius 3 is 2.33 bits per heavy atom. The second kappa shape index (κ2) is 8.10. The lowest BCUT2D eigenvalue weighted by atomic mass is 10.0. The molecule has 2 aromatic carbocycles. The van der Waals surface area contributed by atoms with E-state index in [2.05, 4.69) is 10.6 Å². The number of hydrogen-bond acceptors (Lipinski definition) is 3. The Bertz CT molecular complexity index is 894. The molecule has 0 spiro atoms. The molecule has 0 heterocycles. The summed E-state index contributed by atoms with van der Waals surface area (Å²) in [7, 11) is -0.578. The second-order valence-corrected chi connectivity index (χ2v) is 9.07. The Balaban J connectivity index is 1.68. The molecule has 0 saturated heterocycles. The highest BCUT2D eigenvalue weighted by Gasteiger charge is 2.33. The van der Waals surface area contributed by atoms with Gasteiger partial charge in [-0.05, 0) is 36.0 Å². The van der Waals surface area contributed by atoms with Gasteiger partial charge in [-0.25, -0.2) is 17.5 Å². The lowest BCUT2D eigenvalue weighted by Crippen LogP contribution is -2.38. The molecule has 0 aromatic heterocycles. The molecule has 1 saturated carbocycles. The standard InChI is InChI=1S/C20H25N3O3S/c1-23(2)27(25,26)18-11-7-6-10-17(18)14-21-20(24)22-19(16-12-13-16)15-8-4-3-5-9-15/h3-11,16,19H,12-14H2,1-2H3,(H2,21,22,24)/t19-/m1/s1. The molecule has 1 aliphatic carbocycles. The van der Waals surface area contributed by atoms with E-state index in [-0.39, 0.29) is 23.5 Å². The summed E-state index contributed by atoms with van der Waals surface area (Å²) in [5.74, 6) is 0.458. The summed E-state index contributed by atoms with van der Waals surface area (Å²) in [4.78, 5) is 12.7. The zero-order chi connectivity index (χ0) is 19.4. The molecular formula is C20H25N3O3S. The SMILES string of the molecule is CN(C)S(=O)(=O)c1ccccc1CNC(=O)N[C@H](c1ccccc1)C1CC1. The van der Waals surface area contributed by atoms with Crippen molar-refractivity contribution in [2.45, 2.75) is 30.3 Å². The van der Waals surface area contributed by atoms with E-state index in [1.165, 1.54) is 18.4 Å². The van der Waals surface area contributed by atoms with Crippen LogP contribution in [0.2, 0.25) is 0 Å². The molecule has 0 aliphatic heterocycles. The number of nitrogens with zero attached hydrogens (tertiary/aromatic N) is 1. The van der Waals surface area contributed by atoms with Crippen molar-refractivity contribution in [3.05, 3.63) is 65.7 Å². The van der Waals surface area contributed by atoms with Gasteiger partial charge in [0, 0.05) is 20.6 Å². The van der Waals surface area contributed by atoms with Crippen molar-refractivity contribution in [1.82, 2.24) is 14.9 Å². The van der Waals surface area contributed by atoms with E-state index in [0.29, 0.717) is 11.5 Å². The topological polar surface area (TPSA) is 78.5 Å². The summed E-state index contributed by atoms with van der Waals surface area (Å²) in [6, 6.07) is 16.3. The van der Waals surface area contributed by atoms with Crippen molar-refractivity contribution in [2.24, 2.45) is 5.92 Å². The number of amides is 2. The molecule has 1 aliphatic rings. The predicted octanol–water partition coefficient (Wildman–Crippen LogP) is 2.89. The van der Waals surface area contributed by atoms with E-state index in [0.717, 1.165) is 18.4 Å². The van der Waals surface area contributed by atoms with Crippen LogP contribution in [0.15, 0.2) is 59.5 Å². The van der Waals surface area contributed by atoms with Gasteiger partial charge in [-0.1, -0.05) is 48.5 Å². The van der Waals surface area contributed by atoms with Crippen LogP contribution in [0.25, 0.3) is 0 Å². The predicted molar refractivity (Wildman–Crippen MR) is 105 cm³/mol. The molecule has 6 nitrogen and oxygen atoms in total. The van der Waals surface area contributed by atoms with E-state index in [1.807, 2.05) is 30.3 Å². The average Bonchev–Trinajstić information content (AvgIpc) is 3.50. The largest absolute Gasteiger partial charge is 0.334 e. The minimum atomic E-state index is -3.56. The fraction of sp³-hybridized carbons (Fsp3) is 0.350. The maximum absolute atomic E-state index is 12.5. The van der Waals surface area contributed by atoms with E-state index >= 15 is 0 Å². The van der Waals surface area contributed by atoms with Gasteiger partial charge in [-0.3, -0.25) is 0 Å². The van der Waals surface area contributed by atoms with Crippen LogP contribution in [0.5, 0.6) is 0 Å². The summed E-state index contributed by atoms with van der Waals surface area (Å²) in [5.41, 5.74) is 1.65. The van der Waals surface area contributed by atoms with Crippen LogP contribution in [0.4, 0.5) is 4.79 Å². The van der Waals surface area contributed by atoms with Crippen LogP contribution in [0, 0.1) is 5.92 Å². The first-order valence-corrected chi connectivity index (χ1v) is 10.4. The fourth-order valence-electron chi connectivity index (χ4n) is 3.03. The molecule has 144 valence electrons. The first kappa shape index (κ1) is 19.4. The number of rotatable bonds is 7. The molecule has 27 heavy (non-hydrogen) atoms. The van der Waals surface area contributed by atoms with Crippen molar-refractivity contribution < 1.29 is 13.2 Å². The lowest BCUT2D eigenvalue weighted by molar-refractivity contribution is 0.235. The van der Waals surface area contributed by atoms with E-state index in [4.69, 9.17) is 0 Å². The van der Waals surface area contributed by atoms with Gasteiger partial charge in [-0.15, -0.1) is 0 Å².